The van der Waals surface area contributed by atoms with E-state index in [1.807, 2.05) is 0 Å². The van der Waals surface area contributed by atoms with E-state index in [9.17, 15) is 8.42 Å². The molecule has 3 rings (SSSR count). The molecule has 3 aromatic carbocycles. The van der Waals surface area contributed by atoms with Crippen molar-refractivity contribution in [2.45, 2.75) is 4.90 Å². The fourth-order valence-corrected chi connectivity index (χ4v) is 3.81. The Morgan fingerprint density at radius 2 is 1.32 bits per heavy atom. The predicted molar refractivity (Wildman–Crippen MR) is 100 cm³/mol. The van der Waals surface area contributed by atoms with Crippen molar-refractivity contribution in [2.75, 3.05) is 4.72 Å². The molecule has 0 fully saturated rings. The van der Waals surface area contributed by atoms with Crippen molar-refractivity contribution < 1.29 is 13.2 Å². The number of halogens is 2. The molecule has 0 radical (unpaired) electrons. The Morgan fingerprint density at radius 1 is 0.760 bits per heavy atom. The van der Waals surface area contributed by atoms with Crippen LogP contribution in [-0.2, 0) is 10.0 Å². The van der Waals surface area contributed by atoms with E-state index in [4.69, 9.17) is 27.9 Å². The second kappa shape index (κ2) is 7.35. The Hall–Kier alpha value is -2.21. The highest BCUT2D eigenvalue weighted by molar-refractivity contribution is 7.92. The van der Waals surface area contributed by atoms with Crippen LogP contribution in [0.4, 0.5) is 5.69 Å². The van der Waals surface area contributed by atoms with Crippen molar-refractivity contribution in [3.8, 4) is 11.5 Å². The number of anilines is 1. The van der Waals surface area contributed by atoms with Crippen molar-refractivity contribution in [1.82, 2.24) is 0 Å². The van der Waals surface area contributed by atoms with Crippen LogP contribution in [-0.4, -0.2) is 8.42 Å². The van der Waals surface area contributed by atoms with Crippen LogP contribution in [0.1, 0.15) is 0 Å². The largest absolute Gasteiger partial charge is 0.457 e. The fourth-order valence-electron chi connectivity index (χ4n) is 2.10. The molecule has 0 heterocycles. The zero-order valence-electron chi connectivity index (χ0n) is 12.8. The van der Waals surface area contributed by atoms with Crippen LogP contribution in [0.5, 0.6) is 11.5 Å². The molecular formula is C18H13Cl2NO3S. The molecule has 0 saturated carbocycles. The van der Waals surface area contributed by atoms with E-state index in [0.29, 0.717) is 22.2 Å². The lowest BCUT2D eigenvalue weighted by Crippen LogP contribution is -2.13. The van der Waals surface area contributed by atoms with Crippen molar-refractivity contribution in [3.63, 3.8) is 0 Å². The van der Waals surface area contributed by atoms with Crippen molar-refractivity contribution in [1.29, 1.82) is 0 Å². The van der Waals surface area contributed by atoms with Gasteiger partial charge in [0.2, 0.25) is 0 Å². The van der Waals surface area contributed by atoms with Gasteiger partial charge in [0.25, 0.3) is 10.0 Å². The Morgan fingerprint density at radius 3 is 1.92 bits per heavy atom. The lowest BCUT2D eigenvalue weighted by molar-refractivity contribution is 0.483. The van der Waals surface area contributed by atoms with Gasteiger partial charge in [0.05, 0.1) is 5.02 Å². The summed E-state index contributed by atoms with van der Waals surface area (Å²) in [4.78, 5) is 0.0261. The van der Waals surface area contributed by atoms with E-state index in [2.05, 4.69) is 4.72 Å². The minimum Gasteiger partial charge on any atom is -0.457 e. The SMILES string of the molecule is O=S(=O)(Nc1ccc(Oc2ccc(Cl)cc2)cc1)c1ccccc1Cl. The molecule has 7 heteroatoms. The minimum atomic E-state index is -3.76. The standard InChI is InChI=1S/C18H13Cl2NO3S/c19-13-5-9-15(10-6-13)24-16-11-7-14(8-12-16)21-25(22,23)18-4-2-1-3-17(18)20/h1-12,21H. The molecular weight excluding hydrogens is 381 g/mol. The van der Waals surface area contributed by atoms with Crippen molar-refractivity contribution in [3.05, 3.63) is 82.8 Å². The van der Waals surface area contributed by atoms with Gasteiger partial charge in [-0.2, -0.15) is 0 Å². The molecule has 0 aromatic heterocycles. The molecule has 0 saturated heterocycles. The van der Waals surface area contributed by atoms with Crippen LogP contribution in [0.2, 0.25) is 10.0 Å². The van der Waals surface area contributed by atoms with Crippen LogP contribution in [0.15, 0.2) is 77.7 Å². The Labute approximate surface area is 156 Å². The molecule has 0 aliphatic carbocycles. The lowest BCUT2D eigenvalue weighted by atomic mass is 10.3. The number of hydrogen-bond acceptors (Lipinski definition) is 3. The summed E-state index contributed by atoms with van der Waals surface area (Å²) in [6.07, 6.45) is 0. The van der Waals surface area contributed by atoms with Crippen molar-refractivity contribution >= 4 is 38.9 Å². The summed E-state index contributed by atoms with van der Waals surface area (Å²) in [6.45, 7) is 0. The molecule has 3 aromatic rings. The van der Waals surface area contributed by atoms with Crippen LogP contribution in [0, 0.1) is 0 Å². The first-order valence-corrected chi connectivity index (χ1v) is 9.49. The Bertz CT molecular complexity index is 972. The van der Waals surface area contributed by atoms with Gasteiger partial charge in [-0.15, -0.1) is 0 Å². The van der Waals surface area contributed by atoms with Gasteiger partial charge in [0.1, 0.15) is 16.4 Å². The van der Waals surface area contributed by atoms with Gasteiger partial charge in [-0.1, -0.05) is 35.3 Å². The van der Waals surface area contributed by atoms with Gasteiger partial charge in [0.15, 0.2) is 0 Å². The maximum Gasteiger partial charge on any atom is 0.263 e. The monoisotopic (exact) mass is 393 g/mol. The first-order valence-electron chi connectivity index (χ1n) is 7.25. The highest BCUT2D eigenvalue weighted by atomic mass is 35.5. The van der Waals surface area contributed by atoms with Crippen LogP contribution >= 0.6 is 23.2 Å². The van der Waals surface area contributed by atoms with Gasteiger partial charge in [-0.3, -0.25) is 4.72 Å². The topological polar surface area (TPSA) is 55.4 Å². The first kappa shape index (κ1) is 17.6. The number of hydrogen-bond donors (Lipinski definition) is 1. The van der Waals surface area contributed by atoms with E-state index in [-0.39, 0.29) is 9.92 Å². The third kappa shape index (κ3) is 4.45. The van der Waals surface area contributed by atoms with E-state index in [1.54, 1.807) is 60.7 Å². The molecule has 0 atom stereocenters. The molecule has 128 valence electrons. The summed E-state index contributed by atoms with van der Waals surface area (Å²) in [5.41, 5.74) is 0.406. The molecule has 0 unspecified atom stereocenters. The average Bonchev–Trinajstić information content (AvgIpc) is 2.59. The van der Waals surface area contributed by atoms with E-state index in [0.717, 1.165) is 0 Å². The molecule has 0 bridgehead atoms. The number of rotatable bonds is 5. The number of ether oxygens (including phenoxy) is 1. The van der Waals surface area contributed by atoms with Crippen LogP contribution < -0.4 is 9.46 Å². The summed E-state index contributed by atoms with van der Waals surface area (Å²) in [7, 11) is -3.76. The summed E-state index contributed by atoms with van der Waals surface area (Å²) in [5.74, 6) is 1.21. The Balaban J connectivity index is 1.74. The molecule has 0 aliphatic rings. The highest BCUT2D eigenvalue weighted by Crippen LogP contribution is 2.26. The summed E-state index contributed by atoms with van der Waals surface area (Å²) >= 11 is 11.8. The summed E-state index contributed by atoms with van der Waals surface area (Å²) in [5, 5.41) is 0.786. The quantitative estimate of drug-likeness (QED) is 0.614. The molecule has 4 nitrogen and oxygen atoms in total. The summed E-state index contributed by atoms with van der Waals surface area (Å²) < 4.78 is 32.9. The van der Waals surface area contributed by atoms with E-state index < -0.39 is 10.0 Å². The minimum absolute atomic E-state index is 0.0261. The zero-order chi connectivity index (χ0) is 17.9. The normalized spacial score (nSPS) is 11.1. The van der Waals surface area contributed by atoms with Gasteiger partial charge in [0, 0.05) is 10.7 Å². The third-order valence-corrected chi connectivity index (χ3v) is 5.42. The second-order valence-electron chi connectivity index (χ2n) is 5.12. The molecule has 0 spiro atoms. The smallest absolute Gasteiger partial charge is 0.263 e. The number of nitrogens with one attached hydrogen (secondary N) is 1. The number of benzene rings is 3. The van der Waals surface area contributed by atoms with E-state index in [1.165, 1.54) is 12.1 Å². The second-order valence-corrected chi connectivity index (χ2v) is 7.61. The van der Waals surface area contributed by atoms with Crippen LogP contribution in [0.3, 0.4) is 0 Å². The first-order chi connectivity index (χ1) is 11.9. The van der Waals surface area contributed by atoms with Crippen molar-refractivity contribution in [2.24, 2.45) is 0 Å². The summed E-state index contributed by atoms with van der Waals surface area (Å²) in [6, 6.07) is 19.8. The molecule has 0 amide bonds. The van der Waals surface area contributed by atoms with E-state index >= 15 is 0 Å². The fraction of sp³-hybridized carbons (Fsp3) is 0. The number of sulfonamides is 1. The predicted octanol–water partition coefficient (Wildman–Crippen LogP) is 5.59. The maximum absolute atomic E-state index is 12.4. The Kier molecular flexibility index (Phi) is 5.18. The highest BCUT2D eigenvalue weighted by Gasteiger charge is 2.17. The molecule has 25 heavy (non-hydrogen) atoms. The third-order valence-electron chi connectivity index (χ3n) is 3.28. The zero-order valence-corrected chi connectivity index (χ0v) is 15.1. The van der Waals surface area contributed by atoms with Gasteiger partial charge < -0.3 is 4.74 Å². The van der Waals surface area contributed by atoms with Gasteiger partial charge in [-0.05, 0) is 60.7 Å². The van der Waals surface area contributed by atoms with Gasteiger partial charge in [-0.25, -0.2) is 8.42 Å². The average molecular weight is 394 g/mol. The molecule has 0 aliphatic heterocycles. The van der Waals surface area contributed by atoms with Gasteiger partial charge >= 0.3 is 0 Å². The maximum atomic E-state index is 12.4. The lowest BCUT2D eigenvalue weighted by Gasteiger charge is -2.10. The molecule has 1 N–H and O–H groups in total. The van der Waals surface area contributed by atoms with Crippen LogP contribution in [0.25, 0.3) is 0 Å².